The Morgan fingerprint density at radius 2 is 1.83 bits per heavy atom. The first-order chi connectivity index (χ1) is 13.8. The van der Waals surface area contributed by atoms with E-state index >= 15 is 0 Å². The molecule has 29 heavy (non-hydrogen) atoms. The maximum Gasteiger partial charge on any atom is 0.325 e. The van der Waals surface area contributed by atoms with E-state index in [1.165, 1.54) is 11.6 Å². The van der Waals surface area contributed by atoms with Gasteiger partial charge in [0.15, 0.2) is 0 Å². The maximum absolute atomic E-state index is 13.7. The number of urea groups is 1. The number of aryl methyl sites for hydroxylation is 2. The number of carbonyl (C=O) groups excluding carboxylic acids is 3. The van der Waals surface area contributed by atoms with Crippen molar-refractivity contribution in [3.8, 4) is 0 Å². The van der Waals surface area contributed by atoms with Gasteiger partial charge < -0.3 is 10.6 Å². The molecule has 0 aromatic heterocycles. The van der Waals surface area contributed by atoms with Crippen LogP contribution >= 0.6 is 0 Å². The first-order valence-corrected chi connectivity index (χ1v) is 9.30. The largest absolute Gasteiger partial charge is 0.325 e. The highest BCUT2D eigenvalue weighted by atomic mass is 19.1. The van der Waals surface area contributed by atoms with Crippen LogP contribution in [0.5, 0.6) is 0 Å². The zero-order valence-electron chi connectivity index (χ0n) is 15.7. The molecule has 1 heterocycles. The number of anilines is 1. The van der Waals surface area contributed by atoms with Crippen LogP contribution in [-0.2, 0) is 28.0 Å². The highest BCUT2D eigenvalue weighted by molar-refractivity contribution is 6.10. The summed E-state index contributed by atoms with van der Waals surface area (Å²) in [4.78, 5) is 38.4. The summed E-state index contributed by atoms with van der Waals surface area (Å²) in [6.07, 6.45) is 2.96. The number of hydrogen-bond acceptors (Lipinski definition) is 3. The van der Waals surface area contributed by atoms with Crippen molar-refractivity contribution in [2.75, 3.05) is 11.9 Å². The molecule has 1 saturated heterocycles. The zero-order chi connectivity index (χ0) is 20.8. The van der Waals surface area contributed by atoms with Gasteiger partial charge in [-0.15, -0.1) is 0 Å². The molecule has 2 aliphatic rings. The molecular formula is C21H19F2N3O3. The number of carbonyl (C=O) groups is 3. The summed E-state index contributed by atoms with van der Waals surface area (Å²) in [6, 6.07) is 8.11. The summed E-state index contributed by atoms with van der Waals surface area (Å²) in [5.74, 6) is -3.36. The van der Waals surface area contributed by atoms with E-state index in [-0.39, 0.29) is 0 Å². The number of hydrogen-bond donors (Lipinski definition) is 2. The van der Waals surface area contributed by atoms with Gasteiger partial charge in [-0.2, -0.15) is 0 Å². The second-order valence-corrected chi connectivity index (χ2v) is 7.43. The lowest BCUT2D eigenvalue weighted by Crippen LogP contribution is -2.42. The predicted molar refractivity (Wildman–Crippen MR) is 101 cm³/mol. The third-order valence-electron chi connectivity index (χ3n) is 5.48. The van der Waals surface area contributed by atoms with Crippen molar-refractivity contribution < 1.29 is 23.2 Å². The number of amides is 4. The third kappa shape index (κ3) is 3.24. The van der Waals surface area contributed by atoms with Gasteiger partial charge in [0.2, 0.25) is 5.91 Å². The summed E-state index contributed by atoms with van der Waals surface area (Å²) in [5, 5.41) is 4.72. The van der Waals surface area contributed by atoms with Gasteiger partial charge in [-0.25, -0.2) is 13.6 Å². The monoisotopic (exact) mass is 399 g/mol. The zero-order valence-corrected chi connectivity index (χ0v) is 15.7. The number of halogens is 2. The lowest BCUT2D eigenvalue weighted by molar-refractivity contribution is -0.133. The molecule has 0 bridgehead atoms. The van der Waals surface area contributed by atoms with Crippen LogP contribution in [0.2, 0.25) is 0 Å². The Morgan fingerprint density at radius 3 is 2.55 bits per heavy atom. The number of imide groups is 1. The number of rotatable bonds is 4. The molecule has 2 N–H and O–H groups in total. The summed E-state index contributed by atoms with van der Waals surface area (Å²) < 4.78 is 27.4. The SMILES string of the molecule is C[C@]1(c2ccc3c(c2)CCC3)NC(=O)N(CC(=O)Nc2c(F)cccc2F)C1=O. The average molecular weight is 399 g/mol. The second kappa shape index (κ2) is 6.95. The molecule has 0 spiro atoms. The molecule has 0 saturated carbocycles. The highest BCUT2D eigenvalue weighted by Crippen LogP contribution is 2.32. The van der Waals surface area contributed by atoms with Crippen LogP contribution in [0.1, 0.15) is 30.0 Å². The van der Waals surface area contributed by atoms with Crippen LogP contribution in [-0.4, -0.2) is 29.3 Å². The fraction of sp³-hybridized carbons (Fsp3) is 0.286. The third-order valence-corrected chi connectivity index (χ3v) is 5.48. The molecule has 0 unspecified atom stereocenters. The molecule has 2 aromatic rings. The normalized spacial score (nSPS) is 20.6. The lowest BCUT2D eigenvalue weighted by Gasteiger charge is -2.23. The van der Waals surface area contributed by atoms with Gasteiger partial charge >= 0.3 is 6.03 Å². The number of benzene rings is 2. The standard InChI is InChI=1S/C21H19F2N3O3/c1-21(14-9-8-12-4-2-5-13(12)10-14)19(28)26(20(29)25-21)11-17(27)24-18-15(22)6-3-7-16(18)23/h3,6-10H,2,4-5,11H2,1H3,(H,24,27)(H,25,29)/t21-/m1/s1. The Hall–Kier alpha value is -3.29. The fourth-order valence-corrected chi connectivity index (χ4v) is 3.86. The van der Waals surface area contributed by atoms with Crippen molar-refractivity contribution in [3.63, 3.8) is 0 Å². The van der Waals surface area contributed by atoms with E-state index in [2.05, 4.69) is 10.6 Å². The van der Waals surface area contributed by atoms with Crippen LogP contribution in [0.3, 0.4) is 0 Å². The number of para-hydroxylation sites is 1. The van der Waals surface area contributed by atoms with Crippen molar-refractivity contribution in [2.24, 2.45) is 0 Å². The van der Waals surface area contributed by atoms with E-state index in [1.54, 1.807) is 13.0 Å². The van der Waals surface area contributed by atoms with Crippen molar-refractivity contribution in [3.05, 3.63) is 64.7 Å². The van der Waals surface area contributed by atoms with Crippen LogP contribution in [0, 0.1) is 11.6 Å². The van der Waals surface area contributed by atoms with Crippen molar-refractivity contribution in [1.82, 2.24) is 10.2 Å². The average Bonchev–Trinajstić information content (AvgIpc) is 3.23. The minimum atomic E-state index is -1.31. The van der Waals surface area contributed by atoms with Crippen molar-refractivity contribution >= 4 is 23.5 Å². The topological polar surface area (TPSA) is 78.5 Å². The van der Waals surface area contributed by atoms with Gasteiger partial charge in [-0.1, -0.05) is 24.3 Å². The first-order valence-electron chi connectivity index (χ1n) is 9.30. The molecule has 1 atom stereocenters. The van der Waals surface area contributed by atoms with Gasteiger partial charge in [0.25, 0.3) is 5.91 Å². The minimum absolute atomic E-state index is 0.593. The van der Waals surface area contributed by atoms with Gasteiger partial charge in [0, 0.05) is 0 Å². The van der Waals surface area contributed by atoms with Gasteiger partial charge in [-0.3, -0.25) is 14.5 Å². The van der Waals surface area contributed by atoms with Gasteiger partial charge in [0.05, 0.1) is 0 Å². The number of nitrogens with zero attached hydrogens (tertiary/aromatic N) is 1. The molecule has 1 aliphatic carbocycles. The second-order valence-electron chi connectivity index (χ2n) is 7.43. The minimum Gasteiger partial charge on any atom is -0.320 e. The Bertz CT molecular complexity index is 1020. The summed E-state index contributed by atoms with van der Waals surface area (Å²) in [5.41, 5.74) is 1.10. The van der Waals surface area contributed by atoms with E-state index in [0.29, 0.717) is 5.56 Å². The Labute approximate surface area is 165 Å². The quantitative estimate of drug-likeness (QED) is 0.776. The van der Waals surface area contributed by atoms with E-state index in [0.717, 1.165) is 41.9 Å². The fourth-order valence-electron chi connectivity index (χ4n) is 3.86. The smallest absolute Gasteiger partial charge is 0.320 e. The van der Waals surface area contributed by atoms with E-state index in [9.17, 15) is 23.2 Å². The molecule has 0 radical (unpaired) electrons. The molecule has 2 aromatic carbocycles. The molecule has 4 amide bonds. The highest BCUT2D eigenvalue weighted by Gasteiger charge is 2.49. The maximum atomic E-state index is 13.7. The van der Waals surface area contributed by atoms with Crippen molar-refractivity contribution in [2.45, 2.75) is 31.7 Å². The van der Waals surface area contributed by atoms with Crippen LogP contribution in [0.4, 0.5) is 19.3 Å². The summed E-state index contributed by atoms with van der Waals surface area (Å²) in [7, 11) is 0. The molecule has 4 rings (SSSR count). The lowest BCUT2D eigenvalue weighted by atomic mass is 9.89. The molecular weight excluding hydrogens is 380 g/mol. The molecule has 6 nitrogen and oxygen atoms in total. The first kappa shape index (κ1) is 19.0. The Morgan fingerprint density at radius 1 is 1.14 bits per heavy atom. The number of nitrogens with one attached hydrogen (secondary N) is 2. The van der Waals surface area contributed by atoms with Crippen LogP contribution in [0.15, 0.2) is 36.4 Å². The van der Waals surface area contributed by atoms with Gasteiger partial charge in [0.1, 0.15) is 29.4 Å². The molecule has 8 heteroatoms. The summed E-state index contributed by atoms with van der Waals surface area (Å²) >= 11 is 0. The van der Waals surface area contributed by atoms with Gasteiger partial charge in [-0.05, 0) is 55.0 Å². The Kier molecular flexibility index (Phi) is 4.56. The summed E-state index contributed by atoms with van der Waals surface area (Å²) in [6.45, 7) is 0.928. The van der Waals surface area contributed by atoms with E-state index in [1.807, 2.05) is 12.1 Å². The Balaban J connectivity index is 1.53. The van der Waals surface area contributed by atoms with Crippen LogP contribution in [0.25, 0.3) is 0 Å². The molecule has 1 fully saturated rings. The molecule has 150 valence electrons. The van der Waals surface area contributed by atoms with E-state index < -0.39 is 47.3 Å². The van der Waals surface area contributed by atoms with Crippen molar-refractivity contribution in [1.29, 1.82) is 0 Å². The predicted octanol–water partition coefficient (Wildman–Crippen LogP) is 2.86. The number of fused-ring (bicyclic) bond motifs is 1. The molecule has 1 aliphatic heterocycles. The van der Waals surface area contributed by atoms with Crippen LogP contribution < -0.4 is 10.6 Å². The van der Waals surface area contributed by atoms with E-state index in [4.69, 9.17) is 0 Å².